The minimum Gasteiger partial charge on any atom is -0.489 e. The third-order valence-electron chi connectivity index (χ3n) is 4.58. The second-order valence-corrected chi connectivity index (χ2v) is 6.06. The maximum atomic E-state index is 6.18. The zero-order valence-corrected chi connectivity index (χ0v) is 13.7. The molecule has 0 saturated carbocycles. The van der Waals surface area contributed by atoms with Crippen molar-refractivity contribution in [2.75, 3.05) is 19.6 Å². The third kappa shape index (κ3) is 3.77. The Hall–Kier alpha value is -1.78. The van der Waals surface area contributed by atoms with Crippen molar-refractivity contribution in [3.63, 3.8) is 0 Å². The molecular formula is C18H21ClN2O2. The van der Waals surface area contributed by atoms with Crippen molar-refractivity contribution in [1.29, 1.82) is 0 Å². The zero-order chi connectivity index (χ0) is 14.8. The van der Waals surface area contributed by atoms with Crippen LogP contribution < -0.4 is 9.47 Å². The number of halogens is 1. The monoisotopic (exact) mass is 332 g/mol. The molecule has 1 atom stereocenters. The largest absolute Gasteiger partial charge is 0.489 e. The van der Waals surface area contributed by atoms with Gasteiger partial charge < -0.3 is 9.47 Å². The summed E-state index contributed by atoms with van der Waals surface area (Å²) in [5.41, 5.74) is 0. The average molecular weight is 333 g/mol. The lowest BCUT2D eigenvalue weighted by atomic mass is 9.86. The lowest BCUT2D eigenvalue weighted by Gasteiger charge is -2.44. The predicted molar refractivity (Wildman–Crippen MR) is 91.6 cm³/mol. The van der Waals surface area contributed by atoms with Crippen molar-refractivity contribution in [2.45, 2.75) is 18.9 Å². The molecule has 0 amide bonds. The fourth-order valence-corrected chi connectivity index (χ4v) is 3.35. The molecule has 1 aromatic heterocycles. The fourth-order valence-electron chi connectivity index (χ4n) is 3.35. The van der Waals surface area contributed by atoms with Gasteiger partial charge in [-0.05, 0) is 68.2 Å². The van der Waals surface area contributed by atoms with Gasteiger partial charge in [-0.3, -0.25) is 9.88 Å². The number of benzene rings is 1. The number of hydrogen-bond donors (Lipinski definition) is 0. The first-order valence-corrected chi connectivity index (χ1v) is 7.94. The van der Waals surface area contributed by atoms with E-state index in [0.717, 1.165) is 29.7 Å². The second-order valence-electron chi connectivity index (χ2n) is 6.06. The minimum atomic E-state index is 0. The van der Waals surface area contributed by atoms with Gasteiger partial charge in [-0.2, -0.15) is 0 Å². The van der Waals surface area contributed by atoms with Crippen molar-refractivity contribution < 1.29 is 9.47 Å². The third-order valence-corrected chi connectivity index (χ3v) is 4.58. The second kappa shape index (κ2) is 7.20. The number of piperidine rings is 3. The number of ether oxygens (including phenoxy) is 2. The molecule has 4 heterocycles. The highest BCUT2D eigenvalue weighted by atomic mass is 35.5. The van der Waals surface area contributed by atoms with Crippen LogP contribution in [-0.2, 0) is 0 Å². The Bertz CT molecular complexity index is 613. The molecule has 5 heteroatoms. The SMILES string of the molecule is Cl.c1cncc(Oc2ccc(OC3CN4CCC3CC4)cc2)c1. The Morgan fingerprint density at radius 1 is 0.957 bits per heavy atom. The van der Waals surface area contributed by atoms with E-state index in [1.807, 2.05) is 36.4 Å². The summed E-state index contributed by atoms with van der Waals surface area (Å²) in [4.78, 5) is 6.55. The van der Waals surface area contributed by atoms with Crippen molar-refractivity contribution >= 4 is 12.4 Å². The molecule has 2 aromatic rings. The van der Waals surface area contributed by atoms with E-state index >= 15 is 0 Å². The van der Waals surface area contributed by atoms with Crippen LogP contribution in [0, 0.1) is 5.92 Å². The van der Waals surface area contributed by atoms with Crippen LogP contribution in [0.1, 0.15) is 12.8 Å². The van der Waals surface area contributed by atoms with Gasteiger partial charge in [0.2, 0.25) is 0 Å². The van der Waals surface area contributed by atoms with Crippen molar-refractivity contribution in [3.05, 3.63) is 48.8 Å². The number of fused-ring (bicyclic) bond motifs is 3. The summed E-state index contributed by atoms with van der Waals surface area (Å²) in [5, 5.41) is 0. The number of pyridine rings is 1. The van der Waals surface area contributed by atoms with Crippen molar-refractivity contribution in [3.8, 4) is 17.2 Å². The van der Waals surface area contributed by atoms with Gasteiger partial charge >= 0.3 is 0 Å². The van der Waals surface area contributed by atoms with Gasteiger partial charge in [0.05, 0.1) is 6.20 Å². The van der Waals surface area contributed by atoms with E-state index in [9.17, 15) is 0 Å². The quantitative estimate of drug-likeness (QED) is 0.853. The lowest BCUT2D eigenvalue weighted by molar-refractivity contribution is -0.00777. The first kappa shape index (κ1) is 16.1. The summed E-state index contributed by atoms with van der Waals surface area (Å²) in [5.74, 6) is 3.19. The zero-order valence-electron chi connectivity index (χ0n) is 12.9. The summed E-state index contributed by atoms with van der Waals surface area (Å²) < 4.78 is 11.9. The van der Waals surface area contributed by atoms with E-state index in [0.29, 0.717) is 6.10 Å². The van der Waals surface area contributed by atoms with Gasteiger partial charge in [0.15, 0.2) is 0 Å². The van der Waals surface area contributed by atoms with Crippen LogP contribution in [0.4, 0.5) is 0 Å². The van der Waals surface area contributed by atoms with Crippen LogP contribution in [0.5, 0.6) is 17.2 Å². The number of rotatable bonds is 4. The summed E-state index contributed by atoms with van der Waals surface area (Å²) in [7, 11) is 0. The van der Waals surface area contributed by atoms with Gasteiger partial charge in [-0.25, -0.2) is 0 Å². The predicted octanol–water partition coefficient (Wildman–Crippen LogP) is 3.77. The fraction of sp³-hybridized carbons (Fsp3) is 0.389. The smallest absolute Gasteiger partial charge is 0.145 e. The van der Waals surface area contributed by atoms with Crippen LogP contribution in [0.25, 0.3) is 0 Å². The van der Waals surface area contributed by atoms with E-state index in [-0.39, 0.29) is 12.4 Å². The van der Waals surface area contributed by atoms with Gasteiger partial charge in [0.25, 0.3) is 0 Å². The molecule has 3 fully saturated rings. The molecule has 0 aliphatic carbocycles. The topological polar surface area (TPSA) is 34.6 Å². The number of aromatic nitrogens is 1. The Balaban J connectivity index is 0.00000156. The molecule has 0 N–H and O–H groups in total. The van der Waals surface area contributed by atoms with Gasteiger partial charge in [0.1, 0.15) is 23.4 Å². The standard InChI is InChI=1S/C18H20N2O2.ClH/c1-2-17(12-19-9-1)21-15-3-5-16(6-4-15)22-18-13-20-10-7-14(18)8-11-20;/h1-6,9,12,14,18H,7-8,10-11,13H2;1H. The molecule has 3 aliphatic rings. The van der Waals surface area contributed by atoms with E-state index in [1.54, 1.807) is 12.4 Å². The summed E-state index contributed by atoms with van der Waals surface area (Å²) in [6.45, 7) is 3.55. The Morgan fingerprint density at radius 3 is 2.30 bits per heavy atom. The summed E-state index contributed by atoms with van der Waals surface area (Å²) in [6.07, 6.45) is 6.32. The summed E-state index contributed by atoms with van der Waals surface area (Å²) >= 11 is 0. The van der Waals surface area contributed by atoms with Crippen molar-refractivity contribution in [2.24, 2.45) is 5.92 Å². The molecule has 23 heavy (non-hydrogen) atoms. The molecule has 0 spiro atoms. The average Bonchev–Trinajstić information content (AvgIpc) is 2.59. The van der Waals surface area contributed by atoms with Gasteiger partial charge in [-0.15, -0.1) is 12.4 Å². The molecule has 122 valence electrons. The molecule has 1 unspecified atom stereocenters. The molecule has 0 radical (unpaired) electrons. The van der Waals surface area contributed by atoms with Crippen LogP contribution in [0.3, 0.4) is 0 Å². The molecule has 5 rings (SSSR count). The first-order chi connectivity index (χ1) is 10.9. The molecular weight excluding hydrogens is 312 g/mol. The van der Waals surface area contributed by atoms with Gasteiger partial charge in [0, 0.05) is 12.7 Å². The minimum absolute atomic E-state index is 0. The highest BCUT2D eigenvalue weighted by Crippen LogP contribution is 2.31. The van der Waals surface area contributed by atoms with E-state index in [1.165, 1.54) is 25.9 Å². The molecule has 3 aliphatic heterocycles. The highest BCUT2D eigenvalue weighted by Gasteiger charge is 2.35. The van der Waals surface area contributed by atoms with Crippen LogP contribution in [-0.4, -0.2) is 35.6 Å². The number of nitrogens with zero attached hydrogens (tertiary/aromatic N) is 2. The van der Waals surface area contributed by atoms with E-state index in [2.05, 4.69) is 9.88 Å². The number of hydrogen-bond acceptors (Lipinski definition) is 4. The van der Waals surface area contributed by atoms with Gasteiger partial charge in [-0.1, -0.05) is 0 Å². The first-order valence-electron chi connectivity index (χ1n) is 7.94. The van der Waals surface area contributed by atoms with Crippen LogP contribution >= 0.6 is 12.4 Å². The maximum absolute atomic E-state index is 6.18. The molecule has 4 nitrogen and oxygen atoms in total. The lowest BCUT2D eigenvalue weighted by Crippen LogP contribution is -2.52. The molecule has 2 bridgehead atoms. The van der Waals surface area contributed by atoms with E-state index < -0.39 is 0 Å². The van der Waals surface area contributed by atoms with Crippen LogP contribution in [0.2, 0.25) is 0 Å². The Labute approximate surface area is 142 Å². The molecule has 1 aromatic carbocycles. The maximum Gasteiger partial charge on any atom is 0.145 e. The Kier molecular flexibility index (Phi) is 5.03. The summed E-state index contributed by atoms with van der Waals surface area (Å²) in [6, 6.07) is 11.6. The normalized spacial score (nSPS) is 25.5. The Morgan fingerprint density at radius 2 is 1.70 bits per heavy atom. The molecule has 3 saturated heterocycles. The van der Waals surface area contributed by atoms with Crippen molar-refractivity contribution in [1.82, 2.24) is 9.88 Å². The van der Waals surface area contributed by atoms with E-state index in [4.69, 9.17) is 9.47 Å². The highest BCUT2D eigenvalue weighted by molar-refractivity contribution is 5.85. The van der Waals surface area contributed by atoms with Crippen LogP contribution in [0.15, 0.2) is 48.8 Å².